The second-order valence-electron chi connectivity index (χ2n) is 21.0. The lowest BCUT2D eigenvalue weighted by atomic mass is 9.62. The van der Waals surface area contributed by atoms with Crippen molar-refractivity contribution in [3.05, 3.63) is 68.3 Å². The van der Waals surface area contributed by atoms with Gasteiger partial charge in [-0.25, -0.2) is 0 Å². The summed E-state index contributed by atoms with van der Waals surface area (Å²) in [5.74, 6) is 0.395. The maximum Gasteiger partial charge on any atom is -0.0126 e. The van der Waals surface area contributed by atoms with Gasteiger partial charge in [0, 0.05) is 0 Å². The van der Waals surface area contributed by atoms with Crippen molar-refractivity contribution in [3.8, 4) is 0 Å². The Kier molecular flexibility index (Phi) is 9.93. The lowest BCUT2D eigenvalue weighted by Gasteiger charge is -2.42. The zero-order valence-corrected chi connectivity index (χ0v) is 33.0. The Morgan fingerprint density at radius 3 is 1.05 bits per heavy atom. The molecule has 2 aromatic carbocycles. The van der Waals surface area contributed by atoms with Gasteiger partial charge < -0.3 is 0 Å². The average molecular weight is 589 g/mol. The van der Waals surface area contributed by atoms with E-state index in [0.29, 0.717) is 5.92 Å². The quantitative estimate of drug-likeness (QED) is 0.334. The van der Waals surface area contributed by atoms with Crippen LogP contribution in [0.2, 0.25) is 0 Å². The van der Waals surface area contributed by atoms with E-state index >= 15 is 0 Å². The summed E-state index contributed by atoms with van der Waals surface area (Å²) in [4.78, 5) is 0. The normalized spacial score (nSPS) is 15.2. The summed E-state index contributed by atoms with van der Waals surface area (Å²) in [5.41, 5.74) is 14.2. The van der Waals surface area contributed by atoms with Gasteiger partial charge in [-0.15, -0.1) is 0 Å². The predicted molar refractivity (Wildman–Crippen MR) is 196 cm³/mol. The molecule has 0 fully saturated rings. The van der Waals surface area contributed by atoms with E-state index in [1.54, 1.807) is 22.3 Å². The molecule has 0 N–H and O–H groups in total. The molecular weight excluding hydrogens is 516 g/mol. The van der Waals surface area contributed by atoms with Crippen molar-refractivity contribution in [1.29, 1.82) is 0 Å². The fourth-order valence-electron chi connectivity index (χ4n) is 7.23. The SMILES string of the molecule is CC(Cc1cc(C(C)(C)C)c(C(C)(C)C)c(C(C)(C)C)c1C(C)(C)C)c1cc(C(C)(C)C)c(C(C)(C)C)cc1C(C)(C)C. The minimum Gasteiger partial charge on any atom is -0.0581 e. The molecule has 0 nitrogen and oxygen atoms in total. The van der Waals surface area contributed by atoms with Gasteiger partial charge in [-0.2, -0.15) is 0 Å². The first-order valence-corrected chi connectivity index (χ1v) is 17.1. The van der Waals surface area contributed by atoms with Crippen molar-refractivity contribution in [3.63, 3.8) is 0 Å². The molecule has 0 aliphatic rings. The largest absolute Gasteiger partial charge is 0.0581 e. The summed E-state index contributed by atoms with van der Waals surface area (Å²) in [6.07, 6.45) is 1.05. The van der Waals surface area contributed by atoms with Crippen LogP contribution in [0.5, 0.6) is 0 Å². The van der Waals surface area contributed by atoms with Gasteiger partial charge in [-0.05, 0) is 100 Å². The van der Waals surface area contributed by atoms with Crippen LogP contribution in [-0.4, -0.2) is 0 Å². The maximum atomic E-state index is 2.64. The molecule has 2 rings (SSSR count). The molecule has 0 spiro atoms. The first kappa shape index (κ1) is 37.6. The summed E-state index contributed by atoms with van der Waals surface area (Å²) < 4.78 is 0. The third-order valence-electron chi connectivity index (χ3n) is 9.14. The van der Waals surface area contributed by atoms with Gasteiger partial charge in [-0.1, -0.05) is 171 Å². The van der Waals surface area contributed by atoms with Crippen molar-refractivity contribution in [2.24, 2.45) is 0 Å². The van der Waals surface area contributed by atoms with E-state index in [1.807, 2.05) is 0 Å². The van der Waals surface area contributed by atoms with Crippen LogP contribution in [0, 0.1) is 0 Å². The zero-order chi connectivity index (χ0) is 34.1. The van der Waals surface area contributed by atoms with E-state index in [2.05, 4.69) is 171 Å². The van der Waals surface area contributed by atoms with Crippen molar-refractivity contribution in [2.45, 2.75) is 203 Å². The number of rotatable bonds is 3. The first-order chi connectivity index (χ1) is 18.7. The number of hydrogen-bond donors (Lipinski definition) is 0. The molecule has 0 heteroatoms. The molecule has 0 aliphatic heterocycles. The molecule has 2 aromatic rings. The third-order valence-corrected chi connectivity index (χ3v) is 9.14. The third kappa shape index (κ3) is 8.38. The van der Waals surface area contributed by atoms with Gasteiger partial charge in [-0.3, -0.25) is 0 Å². The van der Waals surface area contributed by atoms with Gasteiger partial charge >= 0.3 is 0 Å². The molecule has 0 heterocycles. The van der Waals surface area contributed by atoms with Crippen LogP contribution in [0.1, 0.15) is 208 Å². The lowest BCUT2D eigenvalue weighted by molar-refractivity contribution is 0.471. The number of benzene rings is 2. The monoisotopic (exact) mass is 589 g/mol. The molecule has 0 saturated heterocycles. The van der Waals surface area contributed by atoms with Crippen molar-refractivity contribution in [2.75, 3.05) is 0 Å². The fourth-order valence-corrected chi connectivity index (χ4v) is 7.23. The van der Waals surface area contributed by atoms with E-state index in [0.717, 1.165) is 6.42 Å². The summed E-state index contributed by atoms with van der Waals surface area (Å²) >= 11 is 0. The Bertz CT molecular complexity index is 1290. The van der Waals surface area contributed by atoms with Crippen molar-refractivity contribution >= 4 is 0 Å². The Morgan fingerprint density at radius 1 is 0.372 bits per heavy atom. The Balaban J connectivity index is 3.11. The molecule has 1 unspecified atom stereocenters. The summed E-state index contributed by atoms with van der Waals surface area (Å²) in [6.45, 7) is 53.1. The Hall–Kier alpha value is -1.56. The first-order valence-electron chi connectivity index (χ1n) is 17.1. The molecule has 0 bridgehead atoms. The summed E-state index contributed by atoms with van der Waals surface area (Å²) in [5, 5.41) is 0. The van der Waals surface area contributed by atoms with Crippen LogP contribution in [0.3, 0.4) is 0 Å². The highest BCUT2D eigenvalue weighted by atomic mass is 14.4. The Labute approximate surface area is 270 Å². The van der Waals surface area contributed by atoms with Crippen LogP contribution < -0.4 is 0 Å². The maximum absolute atomic E-state index is 2.64. The molecule has 0 aromatic heterocycles. The number of hydrogen-bond acceptors (Lipinski definition) is 0. The highest BCUT2D eigenvalue weighted by molar-refractivity contribution is 5.57. The highest BCUT2D eigenvalue weighted by Gasteiger charge is 2.38. The standard InChI is InChI=1S/C43H72/c1-27(29-25-31(38(5,6)7)32(39(8,9)10)26-30(29)37(2,3)4)23-28-24-33(40(11,12)13)35(42(17,18)19)36(43(20,21)22)34(28)41(14,15)16/h24-27H,23H2,1-22H3. The van der Waals surface area contributed by atoms with Gasteiger partial charge in [0.2, 0.25) is 0 Å². The molecule has 0 saturated carbocycles. The van der Waals surface area contributed by atoms with Gasteiger partial charge in [0.25, 0.3) is 0 Å². The predicted octanol–water partition coefficient (Wildman–Crippen LogP) is 13.1. The minimum atomic E-state index is 0.0353. The molecule has 244 valence electrons. The van der Waals surface area contributed by atoms with Crippen molar-refractivity contribution < 1.29 is 0 Å². The van der Waals surface area contributed by atoms with E-state index in [-0.39, 0.29) is 37.9 Å². The molecule has 1 atom stereocenters. The molecule has 0 aliphatic carbocycles. The van der Waals surface area contributed by atoms with Crippen LogP contribution in [0.25, 0.3) is 0 Å². The molecule has 0 amide bonds. The van der Waals surface area contributed by atoms with Gasteiger partial charge in [0.1, 0.15) is 0 Å². The Morgan fingerprint density at radius 2 is 0.721 bits per heavy atom. The van der Waals surface area contributed by atoms with E-state index in [4.69, 9.17) is 0 Å². The summed E-state index contributed by atoms with van der Waals surface area (Å²) in [7, 11) is 0. The van der Waals surface area contributed by atoms with Gasteiger partial charge in [0.15, 0.2) is 0 Å². The smallest absolute Gasteiger partial charge is 0.0126 e. The minimum absolute atomic E-state index is 0.0353. The van der Waals surface area contributed by atoms with Crippen LogP contribution >= 0.6 is 0 Å². The van der Waals surface area contributed by atoms with Crippen LogP contribution in [0.15, 0.2) is 18.2 Å². The van der Waals surface area contributed by atoms with Crippen LogP contribution in [-0.2, 0) is 44.3 Å². The fraction of sp³-hybridized carbons (Fsp3) is 0.721. The summed E-state index contributed by atoms with van der Waals surface area (Å²) in [6, 6.07) is 7.83. The second kappa shape index (κ2) is 11.4. The van der Waals surface area contributed by atoms with Crippen molar-refractivity contribution in [1.82, 2.24) is 0 Å². The average Bonchev–Trinajstić information content (AvgIpc) is 2.72. The second-order valence-corrected chi connectivity index (χ2v) is 21.0. The zero-order valence-electron chi connectivity index (χ0n) is 33.0. The molecule has 43 heavy (non-hydrogen) atoms. The van der Waals surface area contributed by atoms with E-state index in [1.165, 1.54) is 27.8 Å². The molecular formula is C43H72. The van der Waals surface area contributed by atoms with Gasteiger partial charge in [0.05, 0.1) is 0 Å². The van der Waals surface area contributed by atoms with Crippen LogP contribution in [0.4, 0.5) is 0 Å². The lowest BCUT2D eigenvalue weighted by Crippen LogP contribution is -2.33. The van der Waals surface area contributed by atoms with E-state index < -0.39 is 0 Å². The highest BCUT2D eigenvalue weighted by Crippen LogP contribution is 2.48. The topological polar surface area (TPSA) is 0 Å². The van der Waals surface area contributed by atoms with E-state index in [9.17, 15) is 0 Å². The molecule has 0 radical (unpaired) electrons.